The Hall–Kier alpha value is -1.13. The van der Waals surface area contributed by atoms with Crippen LogP contribution < -0.4 is 0 Å². The van der Waals surface area contributed by atoms with Crippen molar-refractivity contribution in [2.24, 2.45) is 0 Å². The molecule has 0 aliphatic carbocycles. The van der Waals surface area contributed by atoms with Crippen molar-refractivity contribution >= 4 is 11.9 Å². The van der Waals surface area contributed by atoms with Crippen molar-refractivity contribution in [3.8, 4) is 0 Å². The molecule has 4 nitrogen and oxygen atoms in total. The van der Waals surface area contributed by atoms with E-state index in [9.17, 15) is 14.0 Å². The van der Waals surface area contributed by atoms with Crippen LogP contribution in [-0.2, 0) is 19.1 Å². The number of hydrogen-bond donors (Lipinski definition) is 0. The molecule has 0 N–H and O–H groups in total. The van der Waals surface area contributed by atoms with Gasteiger partial charge in [-0.3, -0.25) is 0 Å². The van der Waals surface area contributed by atoms with Gasteiger partial charge in [0.25, 0.3) is 0 Å². The Kier molecular flexibility index (Phi) is 6.69. The maximum absolute atomic E-state index is 14.2. The standard InChI is InChI=1S/C11H19FO4/c1-4-7-8-11(12,9(13)15-5-2)10(14)16-6-3/h4-8H2,1-3H3. The molecule has 0 radical (unpaired) electrons. The molecule has 0 amide bonds. The molecule has 0 aliphatic rings. The van der Waals surface area contributed by atoms with Crippen LogP contribution in [0.3, 0.4) is 0 Å². The Morgan fingerprint density at radius 3 is 1.81 bits per heavy atom. The summed E-state index contributed by atoms with van der Waals surface area (Å²) in [6.45, 7) is 5.04. The van der Waals surface area contributed by atoms with Crippen molar-refractivity contribution in [3.63, 3.8) is 0 Å². The third-order valence-electron chi connectivity index (χ3n) is 2.07. The molecule has 16 heavy (non-hydrogen) atoms. The normalized spacial score (nSPS) is 11.0. The largest absolute Gasteiger partial charge is 0.463 e. The number of ether oxygens (including phenoxy) is 2. The van der Waals surface area contributed by atoms with E-state index in [1.165, 1.54) is 0 Å². The molecule has 0 atom stereocenters. The molecular weight excluding hydrogens is 215 g/mol. The van der Waals surface area contributed by atoms with E-state index in [0.29, 0.717) is 12.8 Å². The number of unbranched alkanes of at least 4 members (excludes halogenated alkanes) is 1. The van der Waals surface area contributed by atoms with Crippen molar-refractivity contribution in [1.29, 1.82) is 0 Å². The van der Waals surface area contributed by atoms with Gasteiger partial charge in [0.2, 0.25) is 0 Å². The molecule has 0 aromatic rings. The molecule has 0 unspecified atom stereocenters. The highest BCUT2D eigenvalue weighted by Crippen LogP contribution is 2.23. The fraction of sp³-hybridized carbons (Fsp3) is 0.818. The summed E-state index contributed by atoms with van der Waals surface area (Å²) >= 11 is 0. The molecule has 94 valence electrons. The van der Waals surface area contributed by atoms with Crippen LogP contribution in [0, 0.1) is 0 Å². The third-order valence-corrected chi connectivity index (χ3v) is 2.07. The van der Waals surface area contributed by atoms with Crippen LogP contribution in [0.4, 0.5) is 4.39 Å². The van der Waals surface area contributed by atoms with E-state index < -0.39 is 17.6 Å². The first kappa shape index (κ1) is 14.9. The van der Waals surface area contributed by atoms with Crippen molar-refractivity contribution in [1.82, 2.24) is 0 Å². The zero-order chi connectivity index (χ0) is 12.6. The highest BCUT2D eigenvalue weighted by molar-refractivity contribution is 6.03. The van der Waals surface area contributed by atoms with Crippen molar-refractivity contribution in [2.75, 3.05) is 13.2 Å². The summed E-state index contributed by atoms with van der Waals surface area (Å²) in [4.78, 5) is 22.8. The molecule has 5 heteroatoms. The average Bonchev–Trinajstić information content (AvgIpc) is 2.26. The van der Waals surface area contributed by atoms with E-state index >= 15 is 0 Å². The van der Waals surface area contributed by atoms with Crippen LogP contribution >= 0.6 is 0 Å². The highest BCUT2D eigenvalue weighted by atomic mass is 19.1. The van der Waals surface area contributed by atoms with Gasteiger partial charge in [0.1, 0.15) is 0 Å². The summed E-state index contributed by atoms with van der Waals surface area (Å²) < 4.78 is 23.3. The van der Waals surface area contributed by atoms with Crippen molar-refractivity contribution in [2.45, 2.75) is 45.7 Å². The lowest BCUT2D eigenvalue weighted by molar-refractivity contribution is -0.175. The monoisotopic (exact) mass is 234 g/mol. The minimum absolute atomic E-state index is 0.0377. The summed E-state index contributed by atoms with van der Waals surface area (Å²) in [6, 6.07) is 0. The molecule has 0 saturated heterocycles. The lowest BCUT2D eigenvalue weighted by atomic mass is 9.99. The first-order chi connectivity index (χ1) is 7.52. The third kappa shape index (κ3) is 3.79. The minimum atomic E-state index is -2.65. The SMILES string of the molecule is CCCCC(F)(C(=O)OCC)C(=O)OCC. The van der Waals surface area contributed by atoms with E-state index in [1.54, 1.807) is 13.8 Å². The number of esters is 2. The lowest BCUT2D eigenvalue weighted by Gasteiger charge is -2.20. The molecule has 0 bridgehead atoms. The molecule has 0 aliphatic heterocycles. The summed E-state index contributed by atoms with van der Waals surface area (Å²) in [5, 5.41) is 0. The van der Waals surface area contributed by atoms with Gasteiger partial charge in [-0.25, -0.2) is 14.0 Å². The van der Waals surface area contributed by atoms with E-state index in [-0.39, 0.29) is 19.6 Å². The summed E-state index contributed by atoms with van der Waals surface area (Å²) in [7, 11) is 0. The first-order valence-corrected chi connectivity index (χ1v) is 5.56. The molecule has 0 saturated carbocycles. The number of alkyl halides is 1. The Bertz CT molecular complexity index is 222. The molecule has 0 aromatic carbocycles. The molecule has 0 fully saturated rings. The maximum atomic E-state index is 14.2. The number of hydrogen-bond acceptors (Lipinski definition) is 4. The topological polar surface area (TPSA) is 52.6 Å². The fourth-order valence-electron chi connectivity index (χ4n) is 1.20. The van der Waals surface area contributed by atoms with Crippen LogP contribution in [0.25, 0.3) is 0 Å². The second kappa shape index (κ2) is 7.19. The van der Waals surface area contributed by atoms with E-state index in [1.807, 2.05) is 6.92 Å². The molecule has 0 aromatic heterocycles. The van der Waals surface area contributed by atoms with E-state index in [2.05, 4.69) is 9.47 Å². The average molecular weight is 234 g/mol. The summed E-state index contributed by atoms with van der Waals surface area (Å²) in [5.74, 6) is -2.30. The summed E-state index contributed by atoms with van der Waals surface area (Å²) in [6.07, 6.45) is 0.916. The number of rotatable bonds is 7. The zero-order valence-corrected chi connectivity index (χ0v) is 10.0. The van der Waals surface area contributed by atoms with Crippen LogP contribution in [-0.4, -0.2) is 30.8 Å². The zero-order valence-electron chi connectivity index (χ0n) is 10.0. The smallest absolute Gasteiger partial charge is 0.355 e. The van der Waals surface area contributed by atoms with Gasteiger partial charge in [-0.1, -0.05) is 13.3 Å². The van der Waals surface area contributed by atoms with E-state index in [4.69, 9.17) is 0 Å². The lowest BCUT2D eigenvalue weighted by Crippen LogP contribution is -2.45. The predicted octanol–water partition coefficient (Wildman–Crippen LogP) is 2.01. The highest BCUT2D eigenvalue weighted by Gasteiger charge is 2.49. The van der Waals surface area contributed by atoms with Gasteiger partial charge in [0.15, 0.2) is 0 Å². The van der Waals surface area contributed by atoms with Gasteiger partial charge in [0, 0.05) is 6.42 Å². The van der Waals surface area contributed by atoms with Crippen LogP contribution in [0.2, 0.25) is 0 Å². The van der Waals surface area contributed by atoms with Gasteiger partial charge in [0.05, 0.1) is 13.2 Å². The molecular formula is C11H19FO4. The molecule has 0 rings (SSSR count). The van der Waals surface area contributed by atoms with Gasteiger partial charge in [-0.2, -0.15) is 0 Å². The second-order valence-corrected chi connectivity index (χ2v) is 3.35. The van der Waals surface area contributed by atoms with Gasteiger partial charge in [-0.15, -0.1) is 0 Å². The maximum Gasteiger partial charge on any atom is 0.355 e. The first-order valence-electron chi connectivity index (χ1n) is 5.56. The molecule has 0 heterocycles. The quantitative estimate of drug-likeness (QED) is 0.499. The predicted molar refractivity (Wildman–Crippen MR) is 56.6 cm³/mol. The minimum Gasteiger partial charge on any atom is -0.463 e. The van der Waals surface area contributed by atoms with Crippen molar-refractivity contribution < 1.29 is 23.5 Å². The summed E-state index contributed by atoms with van der Waals surface area (Å²) in [5.41, 5.74) is -2.65. The number of carbonyl (C=O) groups is 2. The second-order valence-electron chi connectivity index (χ2n) is 3.35. The van der Waals surface area contributed by atoms with Crippen LogP contribution in [0.1, 0.15) is 40.0 Å². The van der Waals surface area contributed by atoms with Gasteiger partial charge >= 0.3 is 17.6 Å². The van der Waals surface area contributed by atoms with Crippen LogP contribution in [0.15, 0.2) is 0 Å². The number of carbonyl (C=O) groups excluding carboxylic acids is 2. The van der Waals surface area contributed by atoms with E-state index in [0.717, 1.165) is 0 Å². The van der Waals surface area contributed by atoms with Gasteiger partial charge in [-0.05, 0) is 20.3 Å². The Balaban J connectivity index is 4.71. The van der Waals surface area contributed by atoms with Crippen molar-refractivity contribution in [3.05, 3.63) is 0 Å². The molecule has 0 spiro atoms. The Labute approximate surface area is 95.1 Å². The van der Waals surface area contributed by atoms with Gasteiger partial charge < -0.3 is 9.47 Å². The fourth-order valence-corrected chi connectivity index (χ4v) is 1.20. The van der Waals surface area contributed by atoms with Crippen LogP contribution in [0.5, 0.6) is 0 Å². The Morgan fingerprint density at radius 2 is 1.50 bits per heavy atom. The Morgan fingerprint density at radius 1 is 1.06 bits per heavy atom. The number of halogens is 1.